The van der Waals surface area contributed by atoms with Crippen LogP contribution in [0.15, 0.2) is 65.6 Å². The van der Waals surface area contributed by atoms with Crippen LogP contribution < -0.4 is 10.9 Å². The first-order valence-corrected chi connectivity index (χ1v) is 9.42. The molecule has 0 bridgehead atoms. The molecule has 152 valence electrons. The molecule has 0 saturated heterocycles. The number of nitrogens with one attached hydrogen (secondary N) is 1. The third-order valence-electron chi connectivity index (χ3n) is 4.40. The van der Waals surface area contributed by atoms with Gasteiger partial charge in [-0.15, -0.1) is 0 Å². The summed E-state index contributed by atoms with van der Waals surface area (Å²) < 4.78 is 14.3. The van der Waals surface area contributed by atoms with E-state index in [1.165, 1.54) is 36.0 Å². The van der Waals surface area contributed by atoms with Gasteiger partial charge in [0, 0.05) is 13.2 Å². The normalized spacial score (nSPS) is 11.2. The first-order valence-electron chi connectivity index (χ1n) is 9.42. The number of carbonyl (C=O) groups is 1. The largest absolute Gasteiger partial charge is 0.502 e. The predicted molar refractivity (Wildman–Crippen MR) is 112 cm³/mol. The Balaban J connectivity index is 0.00000145. The first-order chi connectivity index (χ1) is 13.9. The summed E-state index contributed by atoms with van der Waals surface area (Å²) in [5.74, 6) is -1.42. The summed E-state index contributed by atoms with van der Waals surface area (Å²) in [7, 11) is 1.49. The van der Waals surface area contributed by atoms with Crippen LogP contribution in [-0.4, -0.2) is 15.6 Å². The minimum absolute atomic E-state index is 0.0698. The number of pyridine rings is 1. The second-order valence-corrected chi connectivity index (χ2v) is 6.32. The molecule has 0 saturated carbocycles. The van der Waals surface area contributed by atoms with Gasteiger partial charge in [-0.1, -0.05) is 44.2 Å². The van der Waals surface area contributed by atoms with E-state index in [2.05, 4.69) is 5.32 Å². The van der Waals surface area contributed by atoms with Crippen LogP contribution in [-0.2, 0) is 7.05 Å². The second kappa shape index (κ2) is 9.68. The molecule has 1 aromatic heterocycles. The number of carbonyl (C=O) groups excluding carboxylic acids is 1. The molecule has 1 atom stereocenters. The molecule has 0 aliphatic heterocycles. The first kappa shape index (κ1) is 21.9. The number of amides is 1. The number of halogens is 1. The Kier molecular flexibility index (Phi) is 7.31. The molecule has 1 amide bonds. The molecular weight excluding hydrogens is 371 g/mol. The van der Waals surface area contributed by atoms with Crippen LogP contribution in [0.3, 0.4) is 0 Å². The van der Waals surface area contributed by atoms with E-state index in [0.29, 0.717) is 0 Å². The Hall–Kier alpha value is -3.41. The summed E-state index contributed by atoms with van der Waals surface area (Å²) in [5.41, 5.74) is 1.90. The van der Waals surface area contributed by atoms with Gasteiger partial charge in [0.15, 0.2) is 5.75 Å². The van der Waals surface area contributed by atoms with E-state index in [9.17, 15) is 19.1 Å². The van der Waals surface area contributed by atoms with Crippen molar-refractivity contribution in [3.8, 4) is 16.9 Å². The molecule has 0 radical (unpaired) electrons. The molecule has 29 heavy (non-hydrogen) atoms. The maximum absolute atomic E-state index is 13.1. The van der Waals surface area contributed by atoms with Crippen LogP contribution in [0.5, 0.6) is 5.75 Å². The van der Waals surface area contributed by atoms with Gasteiger partial charge in [-0.25, -0.2) is 4.39 Å². The van der Waals surface area contributed by atoms with Crippen LogP contribution in [0, 0.1) is 5.82 Å². The number of benzene rings is 2. The molecule has 5 nitrogen and oxygen atoms in total. The van der Waals surface area contributed by atoms with Gasteiger partial charge in [-0.3, -0.25) is 9.59 Å². The standard InChI is InChI=1S/C21H19FN2O3.C2H6/c1-13(23-20(26)18-10-11-24(2)21(27)19(18)25)15-4-3-5-16(12-15)14-6-8-17(22)9-7-14;1-2/h3-13,25H,1-2H3,(H,23,26);1-2H3/t13-;/m1./s1. The SMILES string of the molecule is CC.C[C@@H](NC(=O)c1ccn(C)c(=O)c1O)c1cccc(-c2ccc(F)cc2)c1. The van der Waals surface area contributed by atoms with Crippen molar-refractivity contribution < 1.29 is 14.3 Å². The van der Waals surface area contributed by atoms with Crippen molar-refractivity contribution in [2.24, 2.45) is 7.05 Å². The fraction of sp³-hybridized carbons (Fsp3) is 0.217. The minimum atomic E-state index is -0.631. The van der Waals surface area contributed by atoms with Crippen molar-refractivity contribution in [3.63, 3.8) is 0 Å². The average Bonchev–Trinajstić information content (AvgIpc) is 2.74. The number of nitrogens with zero attached hydrogens (tertiary/aromatic N) is 1. The third-order valence-corrected chi connectivity index (χ3v) is 4.40. The maximum Gasteiger partial charge on any atom is 0.293 e. The second-order valence-electron chi connectivity index (χ2n) is 6.32. The number of hydrogen-bond acceptors (Lipinski definition) is 3. The Labute approximate surface area is 169 Å². The van der Waals surface area contributed by atoms with Crippen LogP contribution >= 0.6 is 0 Å². The van der Waals surface area contributed by atoms with E-state index in [1.807, 2.05) is 38.1 Å². The van der Waals surface area contributed by atoms with Gasteiger partial charge < -0.3 is 15.0 Å². The summed E-state index contributed by atoms with van der Waals surface area (Å²) >= 11 is 0. The summed E-state index contributed by atoms with van der Waals surface area (Å²) in [6.07, 6.45) is 1.43. The van der Waals surface area contributed by atoms with Gasteiger partial charge >= 0.3 is 0 Å². The lowest BCUT2D eigenvalue weighted by Crippen LogP contribution is -2.29. The van der Waals surface area contributed by atoms with Gasteiger partial charge in [0.05, 0.1) is 11.6 Å². The van der Waals surface area contributed by atoms with Crippen molar-refractivity contribution in [2.75, 3.05) is 0 Å². The highest BCUT2D eigenvalue weighted by Crippen LogP contribution is 2.24. The van der Waals surface area contributed by atoms with Crippen molar-refractivity contribution in [3.05, 3.63) is 88.1 Å². The highest BCUT2D eigenvalue weighted by molar-refractivity contribution is 5.96. The van der Waals surface area contributed by atoms with E-state index in [-0.39, 0.29) is 17.4 Å². The van der Waals surface area contributed by atoms with E-state index < -0.39 is 17.2 Å². The maximum atomic E-state index is 13.1. The quantitative estimate of drug-likeness (QED) is 0.686. The smallest absolute Gasteiger partial charge is 0.293 e. The zero-order chi connectivity index (χ0) is 21.6. The average molecular weight is 396 g/mol. The van der Waals surface area contributed by atoms with Crippen molar-refractivity contribution in [1.29, 1.82) is 0 Å². The predicted octanol–water partition coefficient (Wildman–Crippen LogP) is 4.41. The van der Waals surface area contributed by atoms with Gasteiger partial charge in [0.2, 0.25) is 0 Å². The number of hydrogen-bond donors (Lipinski definition) is 2. The summed E-state index contributed by atoms with van der Waals surface area (Å²) in [5, 5.41) is 12.7. The summed E-state index contributed by atoms with van der Waals surface area (Å²) in [6, 6.07) is 14.7. The highest BCUT2D eigenvalue weighted by Gasteiger charge is 2.17. The summed E-state index contributed by atoms with van der Waals surface area (Å²) in [6.45, 7) is 5.81. The monoisotopic (exact) mass is 396 g/mol. The van der Waals surface area contributed by atoms with Gasteiger partial charge in [-0.05, 0) is 47.9 Å². The van der Waals surface area contributed by atoms with Crippen LogP contribution in [0.25, 0.3) is 11.1 Å². The molecule has 6 heteroatoms. The third kappa shape index (κ3) is 5.10. The van der Waals surface area contributed by atoms with Crippen molar-refractivity contribution in [2.45, 2.75) is 26.8 Å². The lowest BCUT2D eigenvalue weighted by Gasteiger charge is -2.16. The Morgan fingerprint density at radius 3 is 2.38 bits per heavy atom. The number of aromatic hydroxyl groups is 1. The van der Waals surface area contributed by atoms with Gasteiger partial charge in [-0.2, -0.15) is 0 Å². The zero-order valence-electron chi connectivity index (χ0n) is 16.9. The molecule has 0 aliphatic rings. The Bertz CT molecular complexity index is 1040. The molecule has 0 unspecified atom stereocenters. The minimum Gasteiger partial charge on any atom is -0.502 e. The Morgan fingerprint density at radius 2 is 1.72 bits per heavy atom. The summed E-state index contributed by atoms with van der Waals surface area (Å²) in [4.78, 5) is 24.2. The molecule has 3 rings (SSSR count). The molecule has 0 spiro atoms. The van der Waals surface area contributed by atoms with Crippen LogP contribution in [0.4, 0.5) is 4.39 Å². The lowest BCUT2D eigenvalue weighted by atomic mass is 10.00. The van der Waals surface area contributed by atoms with E-state index >= 15 is 0 Å². The van der Waals surface area contributed by atoms with Gasteiger partial charge in [0.25, 0.3) is 11.5 Å². The molecule has 0 aliphatic carbocycles. The topological polar surface area (TPSA) is 71.3 Å². The molecule has 1 heterocycles. The number of aryl methyl sites for hydroxylation is 1. The van der Waals surface area contributed by atoms with E-state index in [1.54, 1.807) is 19.1 Å². The highest BCUT2D eigenvalue weighted by atomic mass is 19.1. The van der Waals surface area contributed by atoms with Gasteiger partial charge in [0.1, 0.15) is 5.82 Å². The Morgan fingerprint density at radius 1 is 1.07 bits per heavy atom. The number of rotatable bonds is 4. The van der Waals surface area contributed by atoms with Crippen molar-refractivity contribution >= 4 is 5.91 Å². The van der Waals surface area contributed by atoms with E-state index in [4.69, 9.17) is 0 Å². The zero-order valence-corrected chi connectivity index (χ0v) is 16.9. The molecular formula is C23H25FN2O3. The molecule has 3 aromatic rings. The number of aromatic nitrogens is 1. The molecule has 0 fully saturated rings. The molecule has 2 aromatic carbocycles. The van der Waals surface area contributed by atoms with Crippen LogP contribution in [0.2, 0.25) is 0 Å². The van der Waals surface area contributed by atoms with Crippen molar-refractivity contribution in [1.82, 2.24) is 9.88 Å². The fourth-order valence-corrected chi connectivity index (χ4v) is 2.79. The fourth-order valence-electron chi connectivity index (χ4n) is 2.79. The van der Waals surface area contributed by atoms with E-state index in [0.717, 1.165) is 16.7 Å². The lowest BCUT2D eigenvalue weighted by molar-refractivity contribution is 0.0936. The molecule has 2 N–H and O–H groups in total. The van der Waals surface area contributed by atoms with Crippen LogP contribution in [0.1, 0.15) is 42.7 Å².